The molecule has 2 rings (SSSR count). The molecule has 0 atom stereocenters. The first kappa shape index (κ1) is 13.3. The quantitative estimate of drug-likeness (QED) is 0.672. The monoisotopic (exact) mass is 257 g/mol. The third-order valence-electron chi connectivity index (χ3n) is 3.05. The van der Waals surface area contributed by atoms with Crippen LogP contribution in [0.25, 0.3) is 0 Å². The SMILES string of the molecule is CCCc1ccc(C(=O)c2cccc(F)c2N)cc1. The van der Waals surface area contributed by atoms with Gasteiger partial charge in [-0.1, -0.05) is 43.7 Å². The molecule has 2 aromatic carbocycles. The molecule has 2 aromatic rings. The summed E-state index contributed by atoms with van der Waals surface area (Å²) < 4.78 is 13.3. The highest BCUT2D eigenvalue weighted by atomic mass is 19.1. The van der Waals surface area contributed by atoms with Crippen molar-refractivity contribution in [3.63, 3.8) is 0 Å². The van der Waals surface area contributed by atoms with Gasteiger partial charge >= 0.3 is 0 Å². The molecule has 0 saturated heterocycles. The number of ketones is 1. The van der Waals surface area contributed by atoms with Gasteiger partial charge in [0.15, 0.2) is 5.78 Å². The smallest absolute Gasteiger partial charge is 0.195 e. The average molecular weight is 257 g/mol. The summed E-state index contributed by atoms with van der Waals surface area (Å²) in [5, 5.41) is 0. The summed E-state index contributed by atoms with van der Waals surface area (Å²) in [4.78, 5) is 12.2. The van der Waals surface area contributed by atoms with E-state index in [0.717, 1.165) is 12.8 Å². The Morgan fingerprint density at radius 3 is 2.47 bits per heavy atom. The molecule has 0 heterocycles. The summed E-state index contributed by atoms with van der Waals surface area (Å²) in [6, 6.07) is 11.6. The molecule has 0 bridgehead atoms. The molecule has 19 heavy (non-hydrogen) atoms. The number of para-hydroxylation sites is 1. The van der Waals surface area contributed by atoms with E-state index >= 15 is 0 Å². The summed E-state index contributed by atoms with van der Waals surface area (Å²) in [6.45, 7) is 2.10. The average Bonchev–Trinajstić information content (AvgIpc) is 2.42. The summed E-state index contributed by atoms with van der Waals surface area (Å²) >= 11 is 0. The predicted molar refractivity (Wildman–Crippen MR) is 74.7 cm³/mol. The summed E-state index contributed by atoms with van der Waals surface area (Å²) in [7, 11) is 0. The Labute approximate surface area is 112 Å². The van der Waals surface area contributed by atoms with Crippen molar-refractivity contribution in [2.24, 2.45) is 0 Å². The molecule has 0 radical (unpaired) electrons. The van der Waals surface area contributed by atoms with Crippen LogP contribution in [-0.4, -0.2) is 5.78 Å². The van der Waals surface area contributed by atoms with Crippen LogP contribution in [0.15, 0.2) is 42.5 Å². The van der Waals surface area contributed by atoms with Gasteiger partial charge in [-0.25, -0.2) is 4.39 Å². The molecule has 0 spiro atoms. The molecule has 0 aromatic heterocycles. The summed E-state index contributed by atoms with van der Waals surface area (Å²) in [6.07, 6.45) is 2.04. The summed E-state index contributed by atoms with van der Waals surface area (Å²) in [5.41, 5.74) is 7.43. The minimum Gasteiger partial charge on any atom is -0.396 e. The van der Waals surface area contributed by atoms with E-state index in [0.29, 0.717) is 5.56 Å². The Kier molecular flexibility index (Phi) is 3.95. The fraction of sp³-hybridized carbons (Fsp3) is 0.188. The van der Waals surface area contributed by atoms with E-state index in [-0.39, 0.29) is 17.0 Å². The zero-order valence-electron chi connectivity index (χ0n) is 10.8. The van der Waals surface area contributed by atoms with Crippen molar-refractivity contribution >= 4 is 11.5 Å². The van der Waals surface area contributed by atoms with Crippen LogP contribution in [0, 0.1) is 5.82 Å². The van der Waals surface area contributed by atoms with Crippen LogP contribution in [0.4, 0.5) is 10.1 Å². The van der Waals surface area contributed by atoms with E-state index in [1.54, 1.807) is 18.2 Å². The van der Waals surface area contributed by atoms with Crippen molar-refractivity contribution in [3.8, 4) is 0 Å². The Morgan fingerprint density at radius 1 is 1.16 bits per heavy atom. The molecule has 0 fully saturated rings. The van der Waals surface area contributed by atoms with Crippen LogP contribution in [0.5, 0.6) is 0 Å². The molecule has 0 aliphatic heterocycles. The highest BCUT2D eigenvalue weighted by Gasteiger charge is 2.14. The van der Waals surface area contributed by atoms with Gasteiger partial charge in [0.25, 0.3) is 0 Å². The number of nitrogen functional groups attached to an aromatic ring is 1. The number of hydrogen-bond donors (Lipinski definition) is 1. The minimum absolute atomic E-state index is 0.0925. The lowest BCUT2D eigenvalue weighted by atomic mass is 9.99. The van der Waals surface area contributed by atoms with Gasteiger partial charge in [0.1, 0.15) is 5.82 Å². The molecule has 98 valence electrons. The first-order valence-corrected chi connectivity index (χ1v) is 6.31. The van der Waals surface area contributed by atoms with Gasteiger partial charge in [-0.15, -0.1) is 0 Å². The summed E-state index contributed by atoms with van der Waals surface area (Å²) in [5.74, 6) is -0.812. The molecule has 0 amide bonds. The normalized spacial score (nSPS) is 10.4. The van der Waals surface area contributed by atoms with Crippen molar-refractivity contribution in [1.29, 1.82) is 0 Å². The van der Waals surface area contributed by atoms with Crippen LogP contribution in [-0.2, 0) is 6.42 Å². The second-order valence-corrected chi connectivity index (χ2v) is 4.48. The van der Waals surface area contributed by atoms with E-state index in [1.807, 2.05) is 12.1 Å². The van der Waals surface area contributed by atoms with Gasteiger partial charge in [0.05, 0.1) is 5.69 Å². The number of halogens is 1. The predicted octanol–water partition coefficient (Wildman–Crippen LogP) is 3.59. The van der Waals surface area contributed by atoms with Crippen molar-refractivity contribution < 1.29 is 9.18 Å². The molecule has 3 heteroatoms. The van der Waals surface area contributed by atoms with Crippen LogP contribution < -0.4 is 5.73 Å². The lowest BCUT2D eigenvalue weighted by Crippen LogP contribution is -2.07. The number of benzene rings is 2. The highest BCUT2D eigenvalue weighted by Crippen LogP contribution is 2.20. The van der Waals surface area contributed by atoms with E-state index in [4.69, 9.17) is 5.73 Å². The standard InChI is InChI=1S/C16H16FNO/c1-2-4-11-7-9-12(10-8-11)16(19)13-5-3-6-14(17)15(13)18/h3,5-10H,2,4,18H2,1H3. The van der Waals surface area contributed by atoms with Crippen molar-refractivity contribution in [2.45, 2.75) is 19.8 Å². The Bertz CT molecular complexity index is 590. The molecule has 0 aliphatic carbocycles. The number of carbonyl (C=O) groups excluding carboxylic acids is 1. The van der Waals surface area contributed by atoms with Gasteiger partial charge < -0.3 is 5.73 Å². The molecule has 2 nitrogen and oxygen atoms in total. The van der Waals surface area contributed by atoms with Crippen LogP contribution >= 0.6 is 0 Å². The Morgan fingerprint density at radius 2 is 1.84 bits per heavy atom. The van der Waals surface area contributed by atoms with Gasteiger partial charge in [-0.2, -0.15) is 0 Å². The number of nitrogens with two attached hydrogens (primary N) is 1. The third kappa shape index (κ3) is 2.81. The van der Waals surface area contributed by atoms with Gasteiger partial charge in [0.2, 0.25) is 0 Å². The first-order valence-electron chi connectivity index (χ1n) is 6.31. The van der Waals surface area contributed by atoms with Crippen molar-refractivity contribution in [3.05, 3.63) is 65.0 Å². The van der Waals surface area contributed by atoms with Crippen LogP contribution in [0.1, 0.15) is 34.8 Å². The Hall–Kier alpha value is -2.16. The van der Waals surface area contributed by atoms with E-state index < -0.39 is 5.82 Å². The largest absolute Gasteiger partial charge is 0.396 e. The Balaban J connectivity index is 2.31. The van der Waals surface area contributed by atoms with Crippen molar-refractivity contribution in [2.75, 3.05) is 5.73 Å². The minimum atomic E-state index is -0.562. The lowest BCUT2D eigenvalue weighted by Gasteiger charge is -2.06. The topological polar surface area (TPSA) is 43.1 Å². The highest BCUT2D eigenvalue weighted by molar-refractivity contribution is 6.12. The van der Waals surface area contributed by atoms with E-state index in [1.165, 1.54) is 17.7 Å². The third-order valence-corrected chi connectivity index (χ3v) is 3.05. The second kappa shape index (κ2) is 5.65. The fourth-order valence-corrected chi connectivity index (χ4v) is 2.00. The first-order chi connectivity index (χ1) is 9.13. The zero-order valence-corrected chi connectivity index (χ0v) is 10.8. The van der Waals surface area contributed by atoms with Gasteiger partial charge in [-0.3, -0.25) is 4.79 Å². The lowest BCUT2D eigenvalue weighted by molar-refractivity contribution is 0.103. The van der Waals surface area contributed by atoms with Gasteiger partial charge in [-0.05, 0) is 24.1 Å². The number of hydrogen-bond acceptors (Lipinski definition) is 2. The fourth-order valence-electron chi connectivity index (χ4n) is 2.00. The molecule has 0 aliphatic rings. The molecular formula is C16H16FNO. The van der Waals surface area contributed by atoms with Gasteiger partial charge in [0, 0.05) is 11.1 Å². The molecule has 0 saturated carbocycles. The maximum Gasteiger partial charge on any atom is 0.195 e. The zero-order chi connectivity index (χ0) is 13.8. The molecule has 2 N–H and O–H groups in total. The maximum absolute atomic E-state index is 13.3. The molecule has 0 unspecified atom stereocenters. The number of anilines is 1. The second-order valence-electron chi connectivity index (χ2n) is 4.48. The van der Waals surface area contributed by atoms with Crippen molar-refractivity contribution in [1.82, 2.24) is 0 Å². The van der Waals surface area contributed by atoms with Crippen LogP contribution in [0.3, 0.4) is 0 Å². The number of rotatable bonds is 4. The molecular weight excluding hydrogens is 241 g/mol. The maximum atomic E-state index is 13.3. The van der Waals surface area contributed by atoms with E-state index in [9.17, 15) is 9.18 Å². The van der Waals surface area contributed by atoms with Crippen LogP contribution in [0.2, 0.25) is 0 Å². The number of carbonyl (C=O) groups is 1. The van der Waals surface area contributed by atoms with E-state index in [2.05, 4.69) is 6.92 Å². The number of aryl methyl sites for hydroxylation is 1.